The first kappa shape index (κ1) is 24.4. The van der Waals surface area contributed by atoms with Gasteiger partial charge in [0.15, 0.2) is 0 Å². The molecule has 0 heterocycles. The zero-order valence-corrected chi connectivity index (χ0v) is 19.3. The number of benzene rings is 1. The maximum absolute atomic E-state index is 12.4. The molecule has 0 bridgehead atoms. The number of halogens is 1. The van der Waals surface area contributed by atoms with E-state index in [9.17, 15) is 9.59 Å². The Morgan fingerprint density at radius 3 is 1.86 bits per heavy atom. The van der Waals surface area contributed by atoms with E-state index in [4.69, 9.17) is 14.2 Å². The van der Waals surface area contributed by atoms with Crippen LogP contribution in [-0.2, 0) is 20.6 Å². The van der Waals surface area contributed by atoms with E-state index >= 15 is 0 Å². The number of amides is 2. The molecule has 1 aromatic carbocycles. The van der Waals surface area contributed by atoms with Crippen molar-refractivity contribution in [3.8, 4) is 0 Å². The Morgan fingerprint density at radius 1 is 0.893 bits per heavy atom. The quantitative estimate of drug-likeness (QED) is 0.500. The van der Waals surface area contributed by atoms with Crippen LogP contribution in [-0.4, -0.2) is 48.0 Å². The Balaban J connectivity index is 2.48. The van der Waals surface area contributed by atoms with Crippen LogP contribution in [0.5, 0.6) is 0 Å². The molecule has 6 nitrogen and oxygen atoms in total. The van der Waals surface area contributed by atoms with E-state index < -0.39 is 23.4 Å². The third-order valence-electron chi connectivity index (χ3n) is 3.35. The summed E-state index contributed by atoms with van der Waals surface area (Å²) in [5, 5.41) is 0. The van der Waals surface area contributed by atoms with E-state index in [-0.39, 0.29) is 13.2 Å². The summed E-state index contributed by atoms with van der Waals surface area (Å²) in [7, 11) is 0. The molecule has 0 aromatic heterocycles. The van der Waals surface area contributed by atoms with Gasteiger partial charge in [0.1, 0.15) is 11.2 Å². The van der Waals surface area contributed by atoms with Crippen molar-refractivity contribution < 1.29 is 23.8 Å². The number of hydrogen-bond acceptors (Lipinski definition) is 5. The zero-order valence-electron chi connectivity index (χ0n) is 17.7. The molecule has 1 aromatic rings. The SMILES string of the molecule is CC(C)(C)OC(=O)N(CCOCCCc1ccc(Br)cc1)C(=O)OC(C)(C)C. The van der Waals surface area contributed by atoms with Gasteiger partial charge in [0.2, 0.25) is 0 Å². The number of carbonyl (C=O) groups excluding carboxylic acids is 2. The number of ether oxygens (including phenoxy) is 3. The molecule has 0 unspecified atom stereocenters. The van der Waals surface area contributed by atoms with Crippen LogP contribution < -0.4 is 0 Å². The molecular formula is C21H32BrNO5. The first-order chi connectivity index (χ1) is 12.9. The minimum absolute atomic E-state index is 0.0715. The molecule has 28 heavy (non-hydrogen) atoms. The molecule has 0 aliphatic carbocycles. The summed E-state index contributed by atoms with van der Waals surface area (Å²) in [5.41, 5.74) is -0.179. The van der Waals surface area contributed by atoms with Crippen LogP contribution in [0.2, 0.25) is 0 Å². The number of imide groups is 1. The lowest BCUT2D eigenvalue weighted by molar-refractivity contribution is -0.00468. The molecular weight excluding hydrogens is 426 g/mol. The van der Waals surface area contributed by atoms with Gasteiger partial charge in [-0.2, -0.15) is 0 Å². The van der Waals surface area contributed by atoms with Gasteiger partial charge in [0, 0.05) is 11.1 Å². The summed E-state index contributed by atoms with van der Waals surface area (Å²) in [4.78, 5) is 25.7. The van der Waals surface area contributed by atoms with Crippen molar-refractivity contribution in [3.63, 3.8) is 0 Å². The van der Waals surface area contributed by atoms with E-state index in [0.717, 1.165) is 22.2 Å². The smallest absolute Gasteiger partial charge is 0.419 e. The topological polar surface area (TPSA) is 65.1 Å². The summed E-state index contributed by atoms with van der Waals surface area (Å²) in [6.07, 6.45) is 0.274. The molecule has 0 saturated heterocycles. The van der Waals surface area contributed by atoms with Crippen LogP contribution >= 0.6 is 15.9 Å². The molecule has 158 valence electrons. The largest absolute Gasteiger partial charge is 0.443 e. The number of hydrogen-bond donors (Lipinski definition) is 0. The lowest BCUT2D eigenvalue weighted by Gasteiger charge is -2.28. The van der Waals surface area contributed by atoms with Gasteiger partial charge in [0.25, 0.3) is 0 Å². The second-order valence-corrected chi connectivity index (χ2v) is 9.37. The van der Waals surface area contributed by atoms with E-state index in [0.29, 0.717) is 6.61 Å². The fraction of sp³-hybridized carbons (Fsp3) is 0.619. The molecule has 7 heteroatoms. The highest BCUT2D eigenvalue weighted by Gasteiger charge is 2.30. The lowest BCUT2D eigenvalue weighted by atomic mass is 10.1. The molecule has 0 saturated carbocycles. The minimum Gasteiger partial charge on any atom is -0.443 e. The second-order valence-electron chi connectivity index (χ2n) is 8.45. The highest BCUT2D eigenvalue weighted by molar-refractivity contribution is 9.10. The summed E-state index contributed by atoms with van der Waals surface area (Å²) in [6, 6.07) is 8.15. The van der Waals surface area contributed by atoms with Crippen LogP contribution in [0.15, 0.2) is 28.7 Å². The van der Waals surface area contributed by atoms with Gasteiger partial charge in [-0.15, -0.1) is 0 Å². The van der Waals surface area contributed by atoms with Crippen molar-refractivity contribution in [1.29, 1.82) is 0 Å². The standard InChI is InChI=1S/C21H32BrNO5/c1-20(2,3)27-18(24)23(19(25)28-21(4,5)6)13-15-26-14-7-8-16-9-11-17(22)12-10-16/h9-12H,7-8,13-15H2,1-6H3. The first-order valence-corrected chi connectivity index (χ1v) is 10.2. The van der Waals surface area contributed by atoms with Crippen LogP contribution in [0.1, 0.15) is 53.5 Å². The Labute approximate surface area is 176 Å². The van der Waals surface area contributed by atoms with Gasteiger partial charge in [-0.3, -0.25) is 0 Å². The first-order valence-electron chi connectivity index (χ1n) is 9.43. The monoisotopic (exact) mass is 457 g/mol. The third-order valence-corrected chi connectivity index (χ3v) is 3.88. The van der Waals surface area contributed by atoms with Gasteiger partial charge in [-0.1, -0.05) is 28.1 Å². The summed E-state index contributed by atoms with van der Waals surface area (Å²) in [5.74, 6) is 0. The van der Waals surface area contributed by atoms with E-state index in [2.05, 4.69) is 28.1 Å². The van der Waals surface area contributed by atoms with Gasteiger partial charge >= 0.3 is 12.2 Å². The van der Waals surface area contributed by atoms with Crippen LogP contribution in [0, 0.1) is 0 Å². The molecule has 1 rings (SSSR count). The van der Waals surface area contributed by atoms with Crippen molar-refractivity contribution in [2.24, 2.45) is 0 Å². The van der Waals surface area contributed by atoms with E-state index in [1.54, 1.807) is 41.5 Å². The molecule has 0 aliphatic rings. The molecule has 0 spiro atoms. The molecule has 0 aliphatic heterocycles. The number of nitrogens with zero attached hydrogens (tertiary/aromatic N) is 1. The maximum Gasteiger partial charge on any atom is 0.419 e. The Hall–Kier alpha value is -1.60. The average molecular weight is 458 g/mol. The third kappa shape index (κ3) is 10.7. The molecule has 0 atom stereocenters. The maximum atomic E-state index is 12.4. The summed E-state index contributed by atoms with van der Waals surface area (Å²) < 4.78 is 17.3. The molecule has 2 amide bonds. The number of rotatable bonds is 7. The van der Waals surface area contributed by atoms with E-state index in [1.165, 1.54) is 5.56 Å². The Morgan fingerprint density at radius 2 is 1.39 bits per heavy atom. The molecule has 0 fully saturated rings. The predicted octanol–water partition coefficient (Wildman–Crippen LogP) is 5.57. The molecule has 0 radical (unpaired) electrons. The number of carbonyl (C=O) groups is 2. The molecule has 0 N–H and O–H groups in total. The average Bonchev–Trinajstić information content (AvgIpc) is 2.52. The Kier molecular flexibility index (Phi) is 9.44. The normalized spacial score (nSPS) is 11.8. The fourth-order valence-corrected chi connectivity index (χ4v) is 2.44. The predicted molar refractivity (Wildman–Crippen MR) is 112 cm³/mol. The van der Waals surface area contributed by atoms with E-state index in [1.807, 2.05) is 12.1 Å². The van der Waals surface area contributed by atoms with Crippen LogP contribution in [0.3, 0.4) is 0 Å². The van der Waals surface area contributed by atoms with Gasteiger partial charge in [0.05, 0.1) is 13.2 Å². The zero-order chi connectivity index (χ0) is 21.4. The highest BCUT2D eigenvalue weighted by atomic mass is 79.9. The van der Waals surface area contributed by atoms with Crippen molar-refractivity contribution in [1.82, 2.24) is 4.90 Å². The minimum atomic E-state index is -0.736. The van der Waals surface area contributed by atoms with Crippen LogP contribution in [0.4, 0.5) is 9.59 Å². The fourth-order valence-electron chi connectivity index (χ4n) is 2.18. The Bertz CT molecular complexity index is 604. The van der Waals surface area contributed by atoms with Gasteiger partial charge < -0.3 is 14.2 Å². The van der Waals surface area contributed by atoms with Gasteiger partial charge in [-0.25, -0.2) is 14.5 Å². The number of aryl methyl sites for hydroxylation is 1. The summed E-state index contributed by atoms with van der Waals surface area (Å²) >= 11 is 3.42. The van der Waals surface area contributed by atoms with Crippen molar-refractivity contribution in [3.05, 3.63) is 34.3 Å². The van der Waals surface area contributed by atoms with Crippen LogP contribution in [0.25, 0.3) is 0 Å². The highest BCUT2D eigenvalue weighted by Crippen LogP contribution is 2.15. The summed E-state index contributed by atoms with van der Waals surface area (Å²) in [6.45, 7) is 11.3. The van der Waals surface area contributed by atoms with Crippen molar-refractivity contribution in [2.75, 3.05) is 19.8 Å². The lowest BCUT2D eigenvalue weighted by Crippen LogP contribution is -2.45. The van der Waals surface area contributed by atoms with Crippen molar-refractivity contribution in [2.45, 2.75) is 65.6 Å². The second kappa shape index (κ2) is 10.8. The van der Waals surface area contributed by atoms with Crippen molar-refractivity contribution >= 4 is 28.1 Å². The van der Waals surface area contributed by atoms with Gasteiger partial charge in [-0.05, 0) is 72.1 Å².